The van der Waals surface area contributed by atoms with E-state index >= 15 is 0 Å². The summed E-state index contributed by atoms with van der Waals surface area (Å²) in [7, 11) is 0. The normalized spacial score (nSPS) is 30.1. The Kier molecular flexibility index (Phi) is 2.13. The van der Waals surface area contributed by atoms with Crippen molar-refractivity contribution in [2.45, 2.75) is 45.1 Å². The van der Waals surface area contributed by atoms with Crippen LogP contribution in [0.15, 0.2) is 24.3 Å². The monoisotopic (exact) mass is 229 g/mol. The first kappa shape index (κ1) is 10.8. The maximum Gasteiger partial charge on any atom is 0.221 e. The molecule has 0 radical (unpaired) electrons. The quantitative estimate of drug-likeness (QED) is 0.727. The van der Waals surface area contributed by atoms with Crippen molar-refractivity contribution in [1.82, 2.24) is 5.32 Å². The van der Waals surface area contributed by atoms with Gasteiger partial charge in [0.2, 0.25) is 5.91 Å². The Morgan fingerprint density at radius 3 is 2.47 bits per heavy atom. The molecule has 90 valence electrons. The van der Waals surface area contributed by atoms with Gasteiger partial charge in [-0.1, -0.05) is 24.3 Å². The second-order valence-electron chi connectivity index (χ2n) is 6.08. The van der Waals surface area contributed by atoms with E-state index in [1.807, 2.05) is 0 Å². The van der Waals surface area contributed by atoms with Crippen LogP contribution in [0.25, 0.3) is 0 Å². The first-order chi connectivity index (χ1) is 8.02. The van der Waals surface area contributed by atoms with Crippen LogP contribution in [0, 0.1) is 5.41 Å². The first-order valence-electron chi connectivity index (χ1n) is 6.40. The molecule has 0 aromatic heterocycles. The predicted octanol–water partition coefficient (Wildman–Crippen LogP) is 2.46. The zero-order chi connectivity index (χ0) is 12.1. The van der Waals surface area contributed by atoms with Gasteiger partial charge in [0.15, 0.2) is 0 Å². The van der Waals surface area contributed by atoms with Gasteiger partial charge in [0.25, 0.3) is 0 Å². The molecule has 1 aliphatic heterocycles. The zero-order valence-electron chi connectivity index (χ0n) is 10.5. The maximum atomic E-state index is 11.7. The number of amides is 1. The minimum absolute atomic E-state index is 0.0718. The first-order valence-corrected chi connectivity index (χ1v) is 6.40. The fraction of sp³-hybridized carbons (Fsp3) is 0.533. The van der Waals surface area contributed by atoms with Gasteiger partial charge >= 0.3 is 0 Å². The zero-order valence-corrected chi connectivity index (χ0v) is 10.5. The van der Waals surface area contributed by atoms with Gasteiger partial charge in [0, 0.05) is 17.4 Å². The van der Waals surface area contributed by atoms with Crippen LogP contribution < -0.4 is 5.32 Å². The fourth-order valence-corrected chi connectivity index (χ4v) is 3.54. The van der Waals surface area contributed by atoms with Crippen LogP contribution in [0.2, 0.25) is 0 Å². The molecule has 0 bridgehead atoms. The molecule has 17 heavy (non-hydrogen) atoms. The van der Waals surface area contributed by atoms with E-state index in [4.69, 9.17) is 0 Å². The lowest BCUT2D eigenvalue weighted by molar-refractivity contribution is -0.120. The SMILES string of the molecule is CC1(C)NC(=O)CC12CCc1ccccc1C2. The molecule has 2 nitrogen and oxygen atoms in total. The molecule has 1 aromatic carbocycles. The number of carbonyl (C=O) groups excluding carboxylic acids is 1. The minimum Gasteiger partial charge on any atom is -0.351 e. The predicted molar refractivity (Wildman–Crippen MR) is 67.7 cm³/mol. The fourth-order valence-electron chi connectivity index (χ4n) is 3.54. The number of nitrogens with one attached hydrogen (secondary N) is 1. The average molecular weight is 229 g/mol. The molecule has 2 aliphatic rings. The molecule has 1 unspecified atom stereocenters. The molecule has 1 saturated heterocycles. The molecule has 3 rings (SSSR count). The number of rotatable bonds is 0. The summed E-state index contributed by atoms with van der Waals surface area (Å²) in [6, 6.07) is 8.66. The number of carbonyl (C=O) groups is 1. The third-order valence-electron chi connectivity index (χ3n) is 4.80. The number of hydrogen-bond donors (Lipinski definition) is 1. The van der Waals surface area contributed by atoms with Crippen LogP contribution in [0.3, 0.4) is 0 Å². The highest BCUT2D eigenvalue weighted by atomic mass is 16.2. The Morgan fingerprint density at radius 1 is 1.12 bits per heavy atom. The lowest BCUT2D eigenvalue weighted by Gasteiger charge is -2.43. The Labute approximate surface area is 102 Å². The number of benzene rings is 1. The highest BCUT2D eigenvalue weighted by Crippen LogP contribution is 2.49. The summed E-state index contributed by atoms with van der Waals surface area (Å²) in [5.41, 5.74) is 2.95. The number of fused-ring (bicyclic) bond motifs is 1. The summed E-state index contributed by atoms with van der Waals surface area (Å²) in [6.07, 6.45) is 3.95. The van der Waals surface area contributed by atoms with E-state index in [2.05, 4.69) is 43.4 Å². The van der Waals surface area contributed by atoms with Crippen molar-refractivity contribution >= 4 is 5.91 Å². The molecule has 1 fully saturated rings. The van der Waals surface area contributed by atoms with E-state index in [1.54, 1.807) is 0 Å². The second-order valence-corrected chi connectivity index (χ2v) is 6.08. The van der Waals surface area contributed by atoms with Crippen molar-refractivity contribution in [2.24, 2.45) is 5.41 Å². The molecule has 1 atom stereocenters. The molecule has 1 N–H and O–H groups in total. The maximum absolute atomic E-state index is 11.7. The van der Waals surface area contributed by atoms with Crippen LogP contribution in [0.4, 0.5) is 0 Å². The van der Waals surface area contributed by atoms with Crippen LogP contribution >= 0.6 is 0 Å². The van der Waals surface area contributed by atoms with E-state index in [0.29, 0.717) is 6.42 Å². The van der Waals surface area contributed by atoms with Crippen LogP contribution in [-0.2, 0) is 17.6 Å². The molecule has 0 saturated carbocycles. The third kappa shape index (κ3) is 1.50. The van der Waals surface area contributed by atoms with Gasteiger partial charge in [-0.15, -0.1) is 0 Å². The largest absolute Gasteiger partial charge is 0.351 e. The molecular formula is C15H19NO. The standard InChI is InChI=1S/C15H19NO/c1-14(2)15(10-13(17)16-14)8-7-11-5-3-4-6-12(11)9-15/h3-6H,7-10H2,1-2H3,(H,16,17). The molecule has 1 spiro atoms. The Bertz CT molecular complexity index is 478. The van der Waals surface area contributed by atoms with Gasteiger partial charge in [-0.2, -0.15) is 0 Å². The summed E-state index contributed by atoms with van der Waals surface area (Å²) in [6.45, 7) is 4.34. The highest BCUT2D eigenvalue weighted by Gasteiger charge is 2.53. The van der Waals surface area contributed by atoms with Gasteiger partial charge in [-0.05, 0) is 44.2 Å². The summed E-state index contributed by atoms with van der Waals surface area (Å²) < 4.78 is 0. The van der Waals surface area contributed by atoms with E-state index < -0.39 is 0 Å². The van der Waals surface area contributed by atoms with Gasteiger partial charge in [-0.25, -0.2) is 0 Å². The van der Waals surface area contributed by atoms with Crippen molar-refractivity contribution in [3.63, 3.8) is 0 Å². The smallest absolute Gasteiger partial charge is 0.221 e. The number of hydrogen-bond acceptors (Lipinski definition) is 1. The topological polar surface area (TPSA) is 29.1 Å². The summed E-state index contributed by atoms with van der Waals surface area (Å²) in [4.78, 5) is 11.7. The summed E-state index contributed by atoms with van der Waals surface area (Å²) in [5.74, 6) is 0.217. The van der Waals surface area contributed by atoms with E-state index in [0.717, 1.165) is 19.3 Å². The third-order valence-corrected chi connectivity index (χ3v) is 4.80. The van der Waals surface area contributed by atoms with Crippen molar-refractivity contribution < 1.29 is 4.79 Å². The molecule has 1 heterocycles. The van der Waals surface area contributed by atoms with Gasteiger partial charge in [-0.3, -0.25) is 4.79 Å². The molecular weight excluding hydrogens is 210 g/mol. The van der Waals surface area contributed by atoms with Gasteiger partial charge in [0.1, 0.15) is 0 Å². The summed E-state index contributed by atoms with van der Waals surface area (Å²) in [5, 5.41) is 3.15. The minimum atomic E-state index is -0.0718. The van der Waals surface area contributed by atoms with Gasteiger partial charge in [0.05, 0.1) is 0 Å². The molecule has 2 heteroatoms. The van der Waals surface area contributed by atoms with Crippen molar-refractivity contribution in [1.29, 1.82) is 0 Å². The molecule has 1 amide bonds. The molecule has 1 aliphatic carbocycles. The Morgan fingerprint density at radius 2 is 1.82 bits per heavy atom. The van der Waals surface area contributed by atoms with E-state index in [1.165, 1.54) is 11.1 Å². The molecule has 1 aromatic rings. The van der Waals surface area contributed by atoms with Crippen LogP contribution in [0.1, 0.15) is 37.8 Å². The van der Waals surface area contributed by atoms with Gasteiger partial charge < -0.3 is 5.32 Å². The lowest BCUT2D eigenvalue weighted by atomic mass is 9.62. The second kappa shape index (κ2) is 3.34. The van der Waals surface area contributed by atoms with Crippen LogP contribution in [0.5, 0.6) is 0 Å². The number of aryl methyl sites for hydroxylation is 1. The van der Waals surface area contributed by atoms with Crippen LogP contribution in [-0.4, -0.2) is 11.4 Å². The highest BCUT2D eigenvalue weighted by molar-refractivity contribution is 5.81. The van der Waals surface area contributed by atoms with Crippen molar-refractivity contribution in [2.75, 3.05) is 0 Å². The average Bonchev–Trinajstić information content (AvgIpc) is 2.48. The lowest BCUT2D eigenvalue weighted by Crippen LogP contribution is -2.49. The van der Waals surface area contributed by atoms with Crippen molar-refractivity contribution in [3.8, 4) is 0 Å². The Balaban J connectivity index is 2.00. The van der Waals surface area contributed by atoms with Crippen molar-refractivity contribution in [3.05, 3.63) is 35.4 Å². The Hall–Kier alpha value is -1.31. The summed E-state index contributed by atoms with van der Waals surface area (Å²) >= 11 is 0. The van der Waals surface area contributed by atoms with E-state index in [9.17, 15) is 4.79 Å². The van der Waals surface area contributed by atoms with E-state index in [-0.39, 0.29) is 16.9 Å².